The number of benzene rings is 1. The molecule has 2 N–H and O–H groups in total. The molecule has 2 amide bonds. The molecule has 0 saturated carbocycles. The molecular weight excluding hydrogens is 362 g/mol. The van der Waals surface area contributed by atoms with E-state index in [-0.39, 0.29) is 6.04 Å². The van der Waals surface area contributed by atoms with E-state index < -0.39 is 11.8 Å². The number of hydrogen-bond acceptors (Lipinski definition) is 5. The number of pyridine rings is 1. The maximum absolute atomic E-state index is 12.1. The number of ether oxygens (including phenoxy) is 1. The zero-order valence-electron chi connectivity index (χ0n) is 14.7. The lowest BCUT2D eigenvalue weighted by Gasteiger charge is -2.13. The van der Waals surface area contributed by atoms with Crippen LogP contribution in [-0.4, -0.2) is 22.8 Å². The third-order valence-electron chi connectivity index (χ3n) is 3.67. The normalized spacial score (nSPS) is 11.4. The van der Waals surface area contributed by atoms with Crippen molar-refractivity contribution in [3.63, 3.8) is 0 Å². The predicted octanol–water partition coefficient (Wildman–Crippen LogP) is 3.62. The minimum Gasteiger partial charge on any atom is -0.457 e. The average Bonchev–Trinajstić information content (AvgIpc) is 3.17. The Bertz CT molecular complexity index is 881. The fourth-order valence-corrected chi connectivity index (χ4v) is 3.24. The van der Waals surface area contributed by atoms with Gasteiger partial charge >= 0.3 is 11.8 Å². The van der Waals surface area contributed by atoms with Crippen LogP contribution in [0.1, 0.15) is 11.8 Å². The maximum atomic E-state index is 12.1. The number of carbonyl (C=O) groups excluding carboxylic acids is 2. The standard InChI is InChI=1S/C20H19N3O3S/c1-14(13-18-3-2-12-27-18)22-19(24)20(25)23-15-4-6-16(7-5-15)26-17-8-10-21-11-9-17/h2-12,14H,13H2,1H3,(H,22,24)(H,23,25). The van der Waals surface area contributed by atoms with Gasteiger partial charge in [-0.15, -0.1) is 11.3 Å². The molecular formula is C20H19N3O3S. The van der Waals surface area contributed by atoms with E-state index in [4.69, 9.17) is 4.74 Å². The average molecular weight is 381 g/mol. The van der Waals surface area contributed by atoms with Gasteiger partial charge in [0.05, 0.1) is 0 Å². The minimum absolute atomic E-state index is 0.127. The summed E-state index contributed by atoms with van der Waals surface area (Å²) in [5.41, 5.74) is 0.517. The maximum Gasteiger partial charge on any atom is 0.313 e. The second kappa shape index (κ2) is 8.95. The lowest BCUT2D eigenvalue weighted by molar-refractivity contribution is -0.136. The van der Waals surface area contributed by atoms with E-state index in [2.05, 4.69) is 15.6 Å². The van der Waals surface area contributed by atoms with Gasteiger partial charge in [-0.1, -0.05) is 6.07 Å². The lowest BCUT2D eigenvalue weighted by atomic mass is 10.2. The summed E-state index contributed by atoms with van der Waals surface area (Å²) < 4.78 is 5.66. The van der Waals surface area contributed by atoms with Crippen molar-refractivity contribution >= 4 is 28.8 Å². The molecule has 3 rings (SSSR count). The van der Waals surface area contributed by atoms with Gasteiger partial charge in [-0.3, -0.25) is 14.6 Å². The molecule has 0 bridgehead atoms. The number of thiophene rings is 1. The van der Waals surface area contributed by atoms with Crippen LogP contribution in [0.4, 0.5) is 5.69 Å². The Hall–Kier alpha value is -3.19. The van der Waals surface area contributed by atoms with E-state index in [9.17, 15) is 9.59 Å². The van der Waals surface area contributed by atoms with Crippen LogP contribution >= 0.6 is 11.3 Å². The van der Waals surface area contributed by atoms with Gasteiger partial charge < -0.3 is 15.4 Å². The van der Waals surface area contributed by atoms with Crippen molar-refractivity contribution in [2.45, 2.75) is 19.4 Å². The first kappa shape index (κ1) is 18.6. The van der Waals surface area contributed by atoms with Crippen molar-refractivity contribution in [3.05, 3.63) is 71.2 Å². The Labute approximate surface area is 161 Å². The van der Waals surface area contributed by atoms with Crippen LogP contribution in [0, 0.1) is 0 Å². The third kappa shape index (κ3) is 5.65. The highest BCUT2D eigenvalue weighted by Gasteiger charge is 2.16. The molecule has 27 heavy (non-hydrogen) atoms. The number of aromatic nitrogens is 1. The van der Waals surface area contributed by atoms with Gasteiger partial charge in [0.1, 0.15) is 11.5 Å². The van der Waals surface area contributed by atoms with E-state index >= 15 is 0 Å². The van der Waals surface area contributed by atoms with Gasteiger partial charge in [-0.2, -0.15) is 0 Å². The predicted molar refractivity (Wildman–Crippen MR) is 105 cm³/mol. The molecule has 7 heteroatoms. The summed E-state index contributed by atoms with van der Waals surface area (Å²) in [7, 11) is 0. The quantitative estimate of drug-likeness (QED) is 0.639. The monoisotopic (exact) mass is 381 g/mol. The van der Waals surface area contributed by atoms with Crippen molar-refractivity contribution < 1.29 is 14.3 Å². The molecule has 1 unspecified atom stereocenters. The number of rotatable bonds is 6. The van der Waals surface area contributed by atoms with E-state index in [1.54, 1.807) is 60.1 Å². The third-order valence-corrected chi connectivity index (χ3v) is 4.57. The molecule has 0 radical (unpaired) electrons. The molecule has 0 saturated heterocycles. The molecule has 138 valence electrons. The number of hydrogen-bond donors (Lipinski definition) is 2. The molecule has 1 atom stereocenters. The van der Waals surface area contributed by atoms with Gasteiger partial charge in [-0.05, 0) is 54.8 Å². The van der Waals surface area contributed by atoms with Gasteiger partial charge in [0.2, 0.25) is 0 Å². The first-order valence-corrected chi connectivity index (χ1v) is 9.30. The molecule has 0 spiro atoms. The molecule has 0 aliphatic heterocycles. The van der Waals surface area contributed by atoms with Crippen LogP contribution in [0.15, 0.2) is 66.3 Å². The molecule has 3 aromatic rings. The summed E-state index contributed by atoms with van der Waals surface area (Å²) in [6.07, 6.45) is 3.97. The van der Waals surface area contributed by atoms with Gasteiger partial charge in [0.15, 0.2) is 0 Å². The zero-order valence-corrected chi connectivity index (χ0v) is 15.5. The van der Waals surface area contributed by atoms with Gasteiger partial charge in [0.25, 0.3) is 0 Å². The number of carbonyl (C=O) groups is 2. The summed E-state index contributed by atoms with van der Waals surface area (Å²) in [5, 5.41) is 7.28. The van der Waals surface area contributed by atoms with E-state index in [0.29, 0.717) is 23.6 Å². The highest BCUT2D eigenvalue weighted by Crippen LogP contribution is 2.22. The smallest absolute Gasteiger partial charge is 0.313 e. The van der Waals surface area contributed by atoms with Crippen LogP contribution in [0.25, 0.3) is 0 Å². The van der Waals surface area contributed by atoms with Crippen LogP contribution < -0.4 is 15.4 Å². The number of nitrogens with zero attached hydrogens (tertiary/aromatic N) is 1. The Morgan fingerprint density at radius 3 is 2.41 bits per heavy atom. The Morgan fingerprint density at radius 2 is 1.74 bits per heavy atom. The van der Waals surface area contributed by atoms with Crippen molar-refractivity contribution in [2.75, 3.05) is 5.32 Å². The fourth-order valence-electron chi connectivity index (χ4n) is 2.41. The zero-order chi connectivity index (χ0) is 19.1. The van der Waals surface area contributed by atoms with Crippen molar-refractivity contribution in [3.8, 4) is 11.5 Å². The van der Waals surface area contributed by atoms with E-state index in [0.717, 1.165) is 4.88 Å². The molecule has 0 fully saturated rings. The Kier molecular flexibility index (Phi) is 6.17. The van der Waals surface area contributed by atoms with Crippen molar-refractivity contribution in [2.24, 2.45) is 0 Å². The Morgan fingerprint density at radius 1 is 1.04 bits per heavy atom. The van der Waals surface area contributed by atoms with Crippen LogP contribution in [0.2, 0.25) is 0 Å². The summed E-state index contributed by atoms with van der Waals surface area (Å²) >= 11 is 1.62. The fraction of sp³-hybridized carbons (Fsp3) is 0.150. The summed E-state index contributed by atoms with van der Waals surface area (Å²) in [4.78, 5) is 29.2. The molecule has 0 aliphatic rings. The molecule has 2 heterocycles. The number of anilines is 1. The van der Waals surface area contributed by atoms with Gasteiger partial charge in [0, 0.05) is 35.4 Å². The van der Waals surface area contributed by atoms with Crippen LogP contribution in [0.3, 0.4) is 0 Å². The molecule has 1 aromatic carbocycles. The lowest BCUT2D eigenvalue weighted by Crippen LogP contribution is -2.41. The first-order valence-electron chi connectivity index (χ1n) is 8.42. The Balaban J connectivity index is 1.50. The number of nitrogens with one attached hydrogen (secondary N) is 2. The van der Waals surface area contributed by atoms with Crippen LogP contribution in [0.5, 0.6) is 11.5 Å². The first-order chi connectivity index (χ1) is 13.1. The van der Waals surface area contributed by atoms with Crippen LogP contribution in [-0.2, 0) is 16.0 Å². The van der Waals surface area contributed by atoms with E-state index in [1.807, 2.05) is 24.4 Å². The largest absolute Gasteiger partial charge is 0.457 e. The summed E-state index contributed by atoms with van der Waals surface area (Å²) in [6, 6.07) is 14.1. The topological polar surface area (TPSA) is 80.3 Å². The van der Waals surface area contributed by atoms with E-state index in [1.165, 1.54) is 0 Å². The van der Waals surface area contributed by atoms with Crippen molar-refractivity contribution in [1.29, 1.82) is 0 Å². The summed E-state index contributed by atoms with van der Waals surface area (Å²) in [5.74, 6) is -0.0684. The molecule has 2 aromatic heterocycles. The van der Waals surface area contributed by atoms with Crippen molar-refractivity contribution in [1.82, 2.24) is 10.3 Å². The van der Waals surface area contributed by atoms with Gasteiger partial charge in [-0.25, -0.2) is 0 Å². The number of amides is 2. The minimum atomic E-state index is -0.698. The highest BCUT2D eigenvalue weighted by atomic mass is 32.1. The second-order valence-corrected chi connectivity index (χ2v) is 6.95. The summed E-state index contributed by atoms with van der Waals surface area (Å²) in [6.45, 7) is 1.87. The second-order valence-electron chi connectivity index (χ2n) is 5.92. The molecule has 6 nitrogen and oxygen atoms in total. The molecule has 0 aliphatic carbocycles. The highest BCUT2D eigenvalue weighted by molar-refractivity contribution is 7.09. The SMILES string of the molecule is CC(Cc1cccs1)NC(=O)C(=O)Nc1ccc(Oc2ccncc2)cc1.